The molecule has 0 saturated carbocycles. The van der Waals surface area contributed by atoms with Crippen LogP contribution in [0.1, 0.15) is 19.4 Å². The molecule has 39 heavy (non-hydrogen) atoms. The Morgan fingerprint density at radius 1 is 0.769 bits per heavy atom. The van der Waals surface area contributed by atoms with Crippen molar-refractivity contribution < 1.29 is 31.8 Å². The van der Waals surface area contributed by atoms with Crippen LogP contribution < -0.4 is 4.74 Å². The van der Waals surface area contributed by atoms with Gasteiger partial charge in [-0.2, -0.15) is 0 Å². The summed E-state index contributed by atoms with van der Waals surface area (Å²) in [5.41, 5.74) is -0.432. The van der Waals surface area contributed by atoms with Crippen molar-refractivity contribution in [3.8, 4) is 17.6 Å². The van der Waals surface area contributed by atoms with Gasteiger partial charge in [0.05, 0.1) is 10.9 Å². The van der Waals surface area contributed by atoms with Crippen molar-refractivity contribution >= 4 is 16.9 Å². The fraction of sp³-hybridized carbons (Fsp3) is 0.129. The predicted molar refractivity (Wildman–Crippen MR) is 140 cm³/mol. The van der Waals surface area contributed by atoms with Gasteiger partial charge in [0.15, 0.2) is 44.3 Å². The number of benzene rings is 4. The molecule has 0 aliphatic carbocycles. The smallest absolute Gasteiger partial charge is 0.345 e. The van der Waals surface area contributed by atoms with E-state index in [-0.39, 0.29) is 4.90 Å². The number of hydrogen-bond donors (Lipinski definition) is 0. The van der Waals surface area contributed by atoms with Gasteiger partial charge in [0.25, 0.3) is 0 Å². The van der Waals surface area contributed by atoms with Crippen molar-refractivity contribution in [2.45, 2.75) is 34.1 Å². The van der Waals surface area contributed by atoms with Gasteiger partial charge < -0.3 is 9.47 Å². The first-order valence-corrected chi connectivity index (χ1v) is 13.0. The maximum atomic E-state index is 15.1. The van der Waals surface area contributed by atoms with Crippen molar-refractivity contribution in [2.75, 3.05) is 6.61 Å². The van der Waals surface area contributed by atoms with Crippen LogP contribution in [0.4, 0.5) is 17.6 Å². The molecule has 198 valence electrons. The van der Waals surface area contributed by atoms with Gasteiger partial charge >= 0.3 is 5.97 Å². The average Bonchev–Trinajstić information content (AvgIpc) is 2.90. The highest BCUT2D eigenvalue weighted by Crippen LogP contribution is 2.35. The second-order valence-corrected chi connectivity index (χ2v) is 10.8. The highest BCUT2D eigenvalue weighted by Gasteiger charge is 2.32. The first-order chi connectivity index (χ1) is 18.6. The topological polar surface area (TPSA) is 35.5 Å². The highest BCUT2D eigenvalue weighted by atomic mass is 32.2. The van der Waals surface area contributed by atoms with Crippen LogP contribution in [0.15, 0.2) is 106 Å². The van der Waals surface area contributed by atoms with Gasteiger partial charge in [-0.25, -0.2) is 22.4 Å². The minimum Gasteiger partial charge on any atom is -0.476 e. The number of esters is 1. The fourth-order valence-corrected chi connectivity index (χ4v) is 5.63. The van der Waals surface area contributed by atoms with Crippen LogP contribution in [0.2, 0.25) is 0 Å². The molecule has 3 nitrogen and oxygen atoms in total. The Hall–Kier alpha value is -4.22. The maximum absolute atomic E-state index is 15.1. The van der Waals surface area contributed by atoms with E-state index in [9.17, 15) is 13.6 Å². The van der Waals surface area contributed by atoms with E-state index in [2.05, 4.69) is 11.8 Å². The Balaban J connectivity index is 1.52. The van der Waals surface area contributed by atoms with Crippen molar-refractivity contribution in [2.24, 2.45) is 0 Å². The SMILES string of the molecule is CC(C)(C#Cc1ccccc1)OC(=O)COc1c(F)cc([S+](c2ccc(F)cc2)c2ccc(F)cc2)cc1F. The van der Waals surface area contributed by atoms with E-state index < -0.39 is 58.1 Å². The molecular weight excluding hydrogens is 528 g/mol. The number of carbonyl (C=O) groups is 1. The van der Waals surface area contributed by atoms with E-state index in [1.54, 1.807) is 26.0 Å². The number of hydrogen-bond acceptors (Lipinski definition) is 3. The lowest BCUT2D eigenvalue weighted by Gasteiger charge is -2.19. The van der Waals surface area contributed by atoms with Crippen molar-refractivity contribution in [1.82, 2.24) is 0 Å². The molecule has 4 aromatic rings. The molecule has 0 bridgehead atoms. The van der Waals surface area contributed by atoms with Crippen LogP contribution in [-0.2, 0) is 20.4 Å². The molecule has 0 unspecified atom stereocenters. The number of halogens is 4. The van der Waals surface area contributed by atoms with E-state index in [1.165, 1.54) is 48.5 Å². The average molecular weight is 552 g/mol. The van der Waals surface area contributed by atoms with Gasteiger partial charge in [0.2, 0.25) is 0 Å². The highest BCUT2D eigenvalue weighted by molar-refractivity contribution is 7.97. The third kappa shape index (κ3) is 7.43. The number of rotatable bonds is 7. The zero-order chi connectivity index (χ0) is 28.0. The van der Waals surface area contributed by atoms with Crippen LogP contribution >= 0.6 is 0 Å². The van der Waals surface area contributed by atoms with Gasteiger partial charge in [-0.05, 0) is 74.5 Å². The summed E-state index contributed by atoms with van der Waals surface area (Å²) < 4.78 is 67.7. The second-order valence-electron chi connectivity index (χ2n) is 8.82. The minimum atomic E-state index is -1.17. The monoisotopic (exact) mass is 551 g/mol. The van der Waals surface area contributed by atoms with Crippen LogP contribution in [0.3, 0.4) is 0 Å². The first kappa shape index (κ1) is 27.8. The molecule has 0 aromatic heterocycles. The molecule has 0 N–H and O–H groups in total. The lowest BCUT2D eigenvalue weighted by Crippen LogP contribution is -2.29. The molecule has 0 fully saturated rings. The summed E-state index contributed by atoms with van der Waals surface area (Å²) in [6.45, 7) is 2.43. The zero-order valence-electron chi connectivity index (χ0n) is 21.0. The minimum absolute atomic E-state index is 0.218. The molecule has 0 amide bonds. The molecule has 4 aromatic carbocycles. The summed E-state index contributed by atoms with van der Waals surface area (Å²) in [5.74, 6) is 1.13. The van der Waals surface area contributed by atoms with E-state index in [0.29, 0.717) is 9.79 Å². The van der Waals surface area contributed by atoms with E-state index in [4.69, 9.17) is 9.47 Å². The predicted octanol–water partition coefficient (Wildman–Crippen LogP) is 7.09. The molecule has 0 spiro atoms. The normalized spacial score (nSPS) is 11.1. The third-order valence-corrected chi connectivity index (χ3v) is 7.49. The quantitative estimate of drug-likeness (QED) is 0.107. The molecule has 0 heterocycles. The largest absolute Gasteiger partial charge is 0.476 e. The van der Waals surface area contributed by atoms with Gasteiger partial charge in [-0.1, -0.05) is 30.0 Å². The van der Waals surface area contributed by atoms with Gasteiger partial charge in [0.1, 0.15) is 11.6 Å². The molecule has 0 radical (unpaired) electrons. The van der Waals surface area contributed by atoms with Crippen LogP contribution in [0, 0.1) is 35.1 Å². The maximum Gasteiger partial charge on any atom is 0.345 e. The Labute approximate surface area is 226 Å². The Bertz CT molecular complexity index is 1440. The standard InChI is InChI=1S/C31H23F4O3S/c1-31(2,17-16-21-6-4-3-5-7-21)38-29(36)20-37-30-27(34)18-26(19-28(30)35)39(24-12-8-22(32)9-13-24)25-14-10-23(33)11-15-25/h3-15,18-19H,20H2,1-2H3/q+1. The van der Waals surface area contributed by atoms with Crippen molar-refractivity contribution in [3.05, 3.63) is 120 Å². The van der Waals surface area contributed by atoms with Gasteiger partial charge in [0, 0.05) is 17.7 Å². The molecule has 0 aliphatic heterocycles. The zero-order valence-corrected chi connectivity index (χ0v) is 21.8. The van der Waals surface area contributed by atoms with Gasteiger partial charge in [-0.3, -0.25) is 0 Å². The van der Waals surface area contributed by atoms with Crippen molar-refractivity contribution in [1.29, 1.82) is 0 Å². The molecular formula is C31H23F4O3S+. The summed E-state index contributed by atoms with van der Waals surface area (Å²) in [6.07, 6.45) is 0. The van der Waals surface area contributed by atoms with Crippen LogP contribution in [0.5, 0.6) is 5.75 Å². The molecule has 0 atom stereocenters. The lowest BCUT2D eigenvalue weighted by atomic mass is 10.1. The summed E-state index contributed by atoms with van der Waals surface area (Å²) in [7, 11) is -1.08. The van der Waals surface area contributed by atoms with Crippen LogP contribution in [0.25, 0.3) is 0 Å². The molecule has 8 heteroatoms. The second kappa shape index (κ2) is 12.1. The van der Waals surface area contributed by atoms with Crippen molar-refractivity contribution in [3.63, 3.8) is 0 Å². The molecule has 0 saturated heterocycles. The fourth-order valence-electron chi connectivity index (χ4n) is 3.56. The third-order valence-electron chi connectivity index (χ3n) is 5.29. The molecule has 0 aliphatic rings. The summed E-state index contributed by atoms with van der Waals surface area (Å²) in [5, 5.41) is 0. The van der Waals surface area contributed by atoms with E-state index in [0.717, 1.165) is 17.7 Å². The Kier molecular flexibility index (Phi) is 8.62. The Morgan fingerprint density at radius 3 is 1.79 bits per heavy atom. The summed E-state index contributed by atoms with van der Waals surface area (Å²) in [4.78, 5) is 13.7. The van der Waals surface area contributed by atoms with E-state index >= 15 is 8.78 Å². The number of ether oxygens (including phenoxy) is 2. The lowest BCUT2D eigenvalue weighted by molar-refractivity contribution is -0.154. The van der Waals surface area contributed by atoms with E-state index in [1.807, 2.05) is 18.2 Å². The first-order valence-electron chi connectivity index (χ1n) is 11.8. The van der Waals surface area contributed by atoms with Gasteiger partial charge in [-0.15, -0.1) is 0 Å². The van der Waals surface area contributed by atoms with Crippen LogP contribution in [-0.4, -0.2) is 18.2 Å². The summed E-state index contributed by atoms with van der Waals surface area (Å²) >= 11 is 0. The number of carbonyl (C=O) groups excluding carboxylic acids is 1. The Morgan fingerprint density at radius 2 is 1.28 bits per heavy atom. The molecule has 4 rings (SSSR count). The summed E-state index contributed by atoms with van der Waals surface area (Å²) in [6, 6.07) is 22.2.